The molecule has 6 heteroatoms. The van der Waals surface area contributed by atoms with Gasteiger partial charge in [0.1, 0.15) is 5.76 Å². The van der Waals surface area contributed by atoms with E-state index in [9.17, 15) is 4.79 Å². The maximum absolute atomic E-state index is 12.0. The highest BCUT2D eigenvalue weighted by Gasteiger charge is 2.12. The van der Waals surface area contributed by atoms with Gasteiger partial charge in [-0.1, -0.05) is 0 Å². The van der Waals surface area contributed by atoms with E-state index in [1.165, 1.54) is 0 Å². The molecule has 1 amide bonds. The van der Waals surface area contributed by atoms with Crippen LogP contribution in [0.25, 0.3) is 0 Å². The summed E-state index contributed by atoms with van der Waals surface area (Å²) >= 11 is 0. The van der Waals surface area contributed by atoms with Crippen molar-refractivity contribution in [3.05, 3.63) is 41.4 Å². The van der Waals surface area contributed by atoms with Gasteiger partial charge in [0.05, 0.1) is 29.7 Å². The van der Waals surface area contributed by atoms with Crippen molar-refractivity contribution in [1.82, 2.24) is 15.3 Å². The van der Waals surface area contributed by atoms with Crippen molar-refractivity contribution in [3.8, 4) is 0 Å². The molecule has 0 saturated heterocycles. The Kier molecular flexibility index (Phi) is 3.79. The summed E-state index contributed by atoms with van der Waals surface area (Å²) in [6, 6.07) is 1.66. The quantitative estimate of drug-likeness (QED) is 0.873. The first kappa shape index (κ1) is 13.1. The minimum absolute atomic E-state index is 0.194. The normalized spacial score (nSPS) is 10.3. The fourth-order valence-corrected chi connectivity index (χ4v) is 1.66. The van der Waals surface area contributed by atoms with Crippen molar-refractivity contribution in [2.24, 2.45) is 0 Å². The number of nitrogens with zero attached hydrogens (tertiary/aromatic N) is 2. The number of hydrogen-bond acceptors (Lipinski definition) is 5. The van der Waals surface area contributed by atoms with Crippen LogP contribution in [0.3, 0.4) is 0 Å². The van der Waals surface area contributed by atoms with E-state index in [0.29, 0.717) is 17.1 Å². The summed E-state index contributed by atoms with van der Waals surface area (Å²) < 4.78 is 5.40. The van der Waals surface area contributed by atoms with E-state index >= 15 is 0 Å². The molecule has 19 heavy (non-hydrogen) atoms. The van der Waals surface area contributed by atoms with E-state index in [4.69, 9.17) is 4.42 Å². The van der Waals surface area contributed by atoms with Gasteiger partial charge in [0, 0.05) is 13.2 Å². The van der Waals surface area contributed by atoms with Gasteiger partial charge in [-0.3, -0.25) is 9.78 Å². The van der Waals surface area contributed by atoms with Gasteiger partial charge in [-0.2, -0.15) is 0 Å². The van der Waals surface area contributed by atoms with Crippen LogP contribution in [0.15, 0.2) is 22.9 Å². The highest BCUT2D eigenvalue weighted by molar-refractivity contribution is 5.99. The Balaban J connectivity index is 2.05. The second-order valence-corrected chi connectivity index (χ2v) is 4.10. The molecule has 2 heterocycles. The molecular formula is C13H16N4O2. The number of oxazole rings is 1. The standard InChI is InChI=1S/C13H16N4O2/c1-8-9(2)19-12(17-8)7-16-13(18)10-4-5-15-6-11(10)14-3/h4-6,14H,7H2,1-3H3,(H,16,18). The number of aryl methyl sites for hydroxylation is 2. The Morgan fingerprint density at radius 3 is 2.84 bits per heavy atom. The highest BCUT2D eigenvalue weighted by Crippen LogP contribution is 2.13. The molecule has 100 valence electrons. The van der Waals surface area contributed by atoms with Crippen molar-refractivity contribution in [2.45, 2.75) is 20.4 Å². The third-order valence-corrected chi connectivity index (χ3v) is 2.81. The first-order valence-corrected chi connectivity index (χ1v) is 5.94. The van der Waals surface area contributed by atoms with Crippen LogP contribution in [0.1, 0.15) is 27.7 Å². The number of hydrogen-bond donors (Lipinski definition) is 2. The predicted molar refractivity (Wildman–Crippen MR) is 70.9 cm³/mol. The molecule has 2 N–H and O–H groups in total. The van der Waals surface area contributed by atoms with Crippen molar-refractivity contribution in [3.63, 3.8) is 0 Å². The van der Waals surface area contributed by atoms with Crippen LogP contribution in [0.4, 0.5) is 5.69 Å². The number of pyridine rings is 1. The van der Waals surface area contributed by atoms with Gasteiger partial charge in [0.25, 0.3) is 5.91 Å². The Bertz CT molecular complexity index is 573. The number of anilines is 1. The summed E-state index contributed by atoms with van der Waals surface area (Å²) in [4.78, 5) is 20.2. The zero-order chi connectivity index (χ0) is 13.8. The van der Waals surface area contributed by atoms with Gasteiger partial charge in [0.15, 0.2) is 0 Å². The van der Waals surface area contributed by atoms with Crippen LogP contribution < -0.4 is 10.6 Å². The Morgan fingerprint density at radius 1 is 1.42 bits per heavy atom. The molecule has 0 bridgehead atoms. The smallest absolute Gasteiger partial charge is 0.253 e. The lowest BCUT2D eigenvalue weighted by Crippen LogP contribution is -2.24. The van der Waals surface area contributed by atoms with Crippen molar-refractivity contribution in [1.29, 1.82) is 0 Å². The van der Waals surface area contributed by atoms with Crippen LogP contribution in [-0.4, -0.2) is 22.9 Å². The van der Waals surface area contributed by atoms with Crippen LogP contribution in [-0.2, 0) is 6.54 Å². The molecule has 0 unspecified atom stereocenters. The number of aromatic nitrogens is 2. The molecule has 0 spiro atoms. The van der Waals surface area contributed by atoms with Gasteiger partial charge in [-0.05, 0) is 19.9 Å². The summed E-state index contributed by atoms with van der Waals surface area (Å²) in [5, 5.41) is 5.69. The van der Waals surface area contributed by atoms with Gasteiger partial charge >= 0.3 is 0 Å². The zero-order valence-electron chi connectivity index (χ0n) is 11.2. The summed E-state index contributed by atoms with van der Waals surface area (Å²) in [7, 11) is 1.74. The van der Waals surface area contributed by atoms with Gasteiger partial charge in [-0.15, -0.1) is 0 Å². The monoisotopic (exact) mass is 260 g/mol. The fraction of sp³-hybridized carbons (Fsp3) is 0.308. The minimum atomic E-state index is -0.194. The number of carbonyl (C=O) groups is 1. The molecule has 0 saturated carbocycles. The number of carbonyl (C=O) groups excluding carboxylic acids is 1. The van der Waals surface area contributed by atoms with Crippen molar-refractivity contribution < 1.29 is 9.21 Å². The summed E-state index contributed by atoms with van der Waals surface area (Å²) in [5.41, 5.74) is 2.06. The Hall–Kier alpha value is -2.37. The summed E-state index contributed by atoms with van der Waals surface area (Å²) in [6.07, 6.45) is 3.18. The first-order chi connectivity index (χ1) is 9.11. The number of amides is 1. The molecule has 2 rings (SSSR count). The maximum atomic E-state index is 12.0. The second kappa shape index (κ2) is 5.51. The molecule has 0 radical (unpaired) electrons. The predicted octanol–water partition coefficient (Wildman–Crippen LogP) is 1.66. The lowest BCUT2D eigenvalue weighted by Gasteiger charge is -2.07. The SMILES string of the molecule is CNc1cnccc1C(=O)NCc1nc(C)c(C)o1. The summed E-state index contributed by atoms with van der Waals surface area (Å²) in [6.45, 7) is 3.97. The highest BCUT2D eigenvalue weighted by atomic mass is 16.4. The summed E-state index contributed by atoms with van der Waals surface area (Å²) in [5.74, 6) is 1.08. The largest absolute Gasteiger partial charge is 0.444 e. The molecule has 0 aromatic carbocycles. The average molecular weight is 260 g/mol. The lowest BCUT2D eigenvalue weighted by atomic mass is 10.2. The molecule has 0 aliphatic rings. The number of rotatable bonds is 4. The molecule has 2 aromatic rings. The second-order valence-electron chi connectivity index (χ2n) is 4.10. The Labute approximate surface area is 111 Å². The van der Waals surface area contributed by atoms with Crippen LogP contribution in [0.2, 0.25) is 0 Å². The molecule has 0 fully saturated rings. The van der Waals surface area contributed by atoms with E-state index in [2.05, 4.69) is 20.6 Å². The maximum Gasteiger partial charge on any atom is 0.253 e. The molecule has 6 nitrogen and oxygen atoms in total. The zero-order valence-corrected chi connectivity index (χ0v) is 11.2. The molecule has 0 aliphatic carbocycles. The molecule has 0 atom stereocenters. The van der Waals surface area contributed by atoms with E-state index in [1.807, 2.05) is 13.8 Å². The van der Waals surface area contributed by atoms with E-state index in [0.717, 1.165) is 11.5 Å². The van der Waals surface area contributed by atoms with Gasteiger partial charge in [0.2, 0.25) is 5.89 Å². The topological polar surface area (TPSA) is 80.0 Å². The van der Waals surface area contributed by atoms with E-state index in [-0.39, 0.29) is 12.5 Å². The third-order valence-electron chi connectivity index (χ3n) is 2.81. The van der Waals surface area contributed by atoms with Crippen LogP contribution in [0.5, 0.6) is 0 Å². The van der Waals surface area contributed by atoms with Crippen LogP contribution >= 0.6 is 0 Å². The third kappa shape index (κ3) is 2.90. The first-order valence-electron chi connectivity index (χ1n) is 5.94. The number of nitrogens with one attached hydrogen (secondary N) is 2. The van der Waals surface area contributed by atoms with E-state index in [1.54, 1.807) is 25.5 Å². The van der Waals surface area contributed by atoms with Crippen LogP contribution in [0, 0.1) is 13.8 Å². The van der Waals surface area contributed by atoms with Crippen molar-refractivity contribution in [2.75, 3.05) is 12.4 Å². The lowest BCUT2D eigenvalue weighted by molar-refractivity contribution is 0.0948. The molecule has 2 aromatic heterocycles. The van der Waals surface area contributed by atoms with Gasteiger partial charge in [-0.25, -0.2) is 4.98 Å². The molecular weight excluding hydrogens is 244 g/mol. The fourth-order valence-electron chi connectivity index (χ4n) is 1.66. The molecule has 0 aliphatic heterocycles. The van der Waals surface area contributed by atoms with E-state index < -0.39 is 0 Å². The minimum Gasteiger partial charge on any atom is -0.444 e. The Morgan fingerprint density at radius 2 is 2.21 bits per heavy atom. The van der Waals surface area contributed by atoms with Crippen molar-refractivity contribution >= 4 is 11.6 Å². The van der Waals surface area contributed by atoms with Gasteiger partial charge < -0.3 is 15.1 Å². The average Bonchev–Trinajstić information content (AvgIpc) is 2.75.